The highest BCUT2D eigenvalue weighted by molar-refractivity contribution is 5.93. The molecule has 0 spiro atoms. The number of hydrogen-bond acceptors (Lipinski definition) is 3. The molecule has 1 saturated carbocycles. The van der Waals surface area contributed by atoms with E-state index in [1.807, 2.05) is 71.6 Å². The number of piperidine rings is 1. The molecule has 3 atom stereocenters. The molecule has 0 unspecified atom stereocenters. The Hall–Kier alpha value is -2.92. The minimum atomic E-state index is -0.869. The van der Waals surface area contributed by atoms with E-state index < -0.39 is 5.60 Å². The minimum Gasteiger partial charge on any atom is -0.385 e. The van der Waals surface area contributed by atoms with Gasteiger partial charge in [0.15, 0.2) is 0 Å². The van der Waals surface area contributed by atoms with Crippen molar-refractivity contribution in [1.82, 2.24) is 15.1 Å². The maximum absolute atomic E-state index is 13.4. The number of amides is 1. The lowest BCUT2D eigenvalue weighted by Crippen LogP contribution is -2.59. The van der Waals surface area contributed by atoms with Crippen LogP contribution in [0.25, 0.3) is 11.3 Å². The fourth-order valence-corrected chi connectivity index (χ4v) is 5.36. The number of aromatic nitrogens is 2. The second-order valence-electron chi connectivity index (χ2n) is 8.53. The van der Waals surface area contributed by atoms with Gasteiger partial charge in [-0.05, 0) is 30.9 Å². The molecule has 1 aliphatic carbocycles. The fourth-order valence-electron chi connectivity index (χ4n) is 5.36. The van der Waals surface area contributed by atoms with Crippen molar-refractivity contribution in [3.63, 3.8) is 0 Å². The smallest absolute Gasteiger partial charge is 0.272 e. The van der Waals surface area contributed by atoms with Crippen LogP contribution in [0, 0.1) is 5.92 Å². The SMILES string of the molecule is O=C(c1cc(-c2ccccc2)n[nH]1)N1CC[C@](O)(c2ccccc2)[C@H]2CCCC[C@H]21. The van der Waals surface area contributed by atoms with E-state index in [4.69, 9.17) is 0 Å². The van der Waals surface area contributed by atoms with Crippen LogP contribution >= 0.6 is 0 Å². The number of hydrogen-bond donors (Lipinski definition) is 2. The summed E-state index contributed by atoms with van der Waals surface area (Å²) in [5.41, 5.74) is 2.38. The molecule has 154 valence electrons. The van der Waals surface area contributed by atoms with Crippen molar-refractivity contribution in [3.05, 3.63) is 78.0 Å². The molecule has 0 bridgehead atoms. The molecular formula is C25H27N3O2. The number of aliphatic hydroxyl groups is 1. The summed E-state index contributed by atoms with van der Waals surface area (Å²) in [6.07, 6.45) is 4.63. The van der Waals surface area contributed by atoms with Gasteiger partial charge in [-0.3, -0.25) is 9.89 Å². The third-order valence-corrected chi connectivity index (χ3v) is 6.89. The van der Waals surface area contributed by atoms with E-state index >= 15 is 0 Å². The molecule has 2 aliphatic rings. The van der Waals surface area contributed by atoms with Gasteiger partial charge in [-0.25, -0.2) is 0 Å². The Morgan fingerprint density at radius 1 is 1.03 bits per heavy atom. The van der Waals surface area contributed by atoms with Gasteiger partial charge in [0.25, 0.3) is 5.91 Å². The third-order valence-electron chi connectivity index (χ3n) is 6.89. The second-order valence-corrected chi connectivity index (χ2v) is 8.53. The molecule has 1 aliphatic heterocycles. The first-order valence-corrected chi connectivity index (χ1v) is 10.9. The van der Waals surface area contributed by atoms with Crippen LogP contribution in [0.15, 0.2) is 66.7 Å². The highest BCUT2D eigenvalue weighted by atomic mass is 16.3. The van der Waals surface area contributed by atoms with Gasteiger partial charge in [0.1, 0.15) is 5.69 Å². The highest BCUT2D eigenvalue weighted by Crippen LogP contribution is 2.47. The Morgan fingerprint density at radius 3 is 2.50 bits per heavy atom. The molecule has 5 rings (SSSR count). The second kappa shape index (κ2) is 7.73. The van der Waals surface area contributed by atoms with Crippen molar-refractivity contribution < 1.29 is 9.90 Å². The summed E-state index contributed by atoms with van der Waals surface area (Å²) in [7, 11) is 0. The first kappa shape index (κ1) is 19.1. The fraction of sp³-hybridized carbons (Fsp3) is 0.360. The maximum atomic E-state index is 13.4. The van der Waals surface area contributed by atoms with Gasteiger partial charge in [-0.2, -0.15) is 5.10 Å². The molecule has 1 aromatic heterocycles. The summed E-state index contributed by atoms with van der Waals surface area (Å²) in [5, 5.41) is 19.0. The van der Waals surface area contributed by atoms with E-state index in [0.717, 1.165) is 42.5 Å². The lowest BCUT2D eigenvalue weighted by molar-refractivity contribution is -0.110. The topological polar surface area (TPSA) is 69.2 Å². The number of carbonyl (C=O) groups is 1. The van der Waals surface area contributed by atoms with Crippen LogP contribution < -0.4 is 0 Å². The largest absolute Gasteiger partial charge is 0.385 e. The highest BCUT2D eigenvalue weighted by Gasteiger charge is 2.50. The molecule has 2 heterocycles. The molecule has 2 fully saturated rings. The number of benzene rings is 2. The minimum absolute atomic E-state index is 0.0170. The van der Waals surface area contributed by atoms with Crippen molar-refractivity contribution in [1.29, 1.82) is 0 Å². The number of fused-ring (bicyclic) bond motifs is 1. The molecule has 30 heavy (non-hydrogen) atoms. The Bertz CT molecular complexity index is 1020. The third kappa shape index (κ3) is 3.23. The van der Waals surface area contributed by atoms with Crippen molar-refractivity contribution in [2.75, 3.05) is 6.54 Å². The van der Waals surface area contributed by atoms with Crippen molar-refractivity contribution in [2.24, 2.45) is 5.92 Å². The lowest BCUT2D eigenvalue weighted by Gasteiger charge is -2.52. The zero-order chi connectivity index (χ0) is 20.6. The predicted molar refractivity (Wildman–Crippen MR) is 116 cm³/mol. The van der Waals surface area contributed by atoms with E-state index in [1.165, 1.54) is 0 Å². The Morgan fingerprint density at radius 2 is 1.73 bits per heavy atom. The molecule has 5 heteroatoms. The summed E-state index contributed by atoms with van der Waals surface area (Å²) in [5.74, 6) is 0.0413. The van der Waals surface area contributed by atoms with Crippen LogP contribution in [0.1, 0.15) is 48.2 Å². The number of H-pyrrole nitrogens is 1. The van der Waals surface area contributed by atoms with E-state index in [1.54, 1.807) is 0 Å². The predicted octanol–water partition coefficient (Wildman–Crippen LogP) is 4.37. The summed E-state index contributed by atoms with van der Waals surface area (Å²) >= 11 is 0. The van der Waals surface area contributed by atoms with Gasteiger partial charge in [0, 0.05) is 24.1 Å². The average molecular weight is 402 g/mol. The van der Waals surface area contributed by atoms with Crippen LogP contribution in [0.4, 0.5) is 0 Å². The first-order chi connectivity index (χ1) is 14.7. The zero-order valence-corrected chi connectivity index (χ0v) is 17.0. The number of nitrogens with zero attached hydrogens (tertiary/aromatic N) is 2. The van der Waals surface area contributed by atoms with E-state index in [0.29, 0.717) is 18.7 Å². The maximum Gasteiger partial charge on any atom is 0.272 e. The van der Waals surface area contributed by atoms with E-state index in [2.05, 4.69) is 10.2 Å². The van der Waals surface area contributed by atoms with Crippen LogP contribution in [-0.4, -0.2) is 38.7 Å². The molecule has 2 N–H and O–H groups in total. The Kier molecular flexibility index (Phi) is 4.91. The van der Waals surface area contributed by atoms with Crippen molar-refractivity contribution >= 4 is 5.91 Å². The van der Waals surface area contributed by atoms with E-state index in [9.17, 15) is 9.90 Å². The zero-order valence-electron chi connectivity index (χ0n) is 17.0. The molecular weight excluding hydrogens is 374 g/mol. The molecule has 0 radical (unpaired) electrons. The average Bonchev–Trinajstić information content (AvgIpc) is 3.31. The lowest BCUT2D eigenvalue weighted by atomic mass is 9.66. The summed E-state index contributed by atoms with van der Waals surface area (Å²) < 4.78 is 0. The normalized spacial score (nSPS) is 26.2. The monoisotopic (exact) mass is 401 g/mol. The van der Waals surface area contributed by atoms with Gasteiger partial charge in [0.05, 0.1) is 11.3 Å². The van der Waals surface area contributed by atoms with Crippen molar-refractivity contribution in [2.45, 2.75) is 43.7 Å². The number of rotatable bonds is 3. The molecule has 2 aromatic carbocycles. The van der Waals surface area contributed by atoms with Gasteiger partial charge in [0.2, 0.25) is 0 Å². The number of aromatic amines is 1. The molecule has 5 nitrogen and oxygen atoms in total. The van der Waals surface area contributed by atoms with Crippen LogP contribution in [0.3, 0.4) is 0 Å². The first-order valence-electron chi connectivity index (χ1n) is 10.9. The van der Waals surface area contributed by atoms with Gasteiger partial charge in [-0.15, -0.1) is 0 Å². The summed E-state index contributed by atoms with van der Waals surface area (Å²) in [4.78, 5) is 15.4. The number of likely N-dealkylation sites (tertiary alicyclic amines) is 1. The molecule has 1 saturated heterocycles. The van der Waals surface area contributed by atoms with Gasteiger partial charge >= 0.3 is 0 Å². The summed E-state index contributed by atoms with van der Waals surface area (Å²) in [6.45, 7) is 0.547. The number of carbonyl (C=O) groups excluding carboxylic acids is 1. The van der Waals surface area contributed by atoms with Crippen LogP contribution in [0.2, 0.25) is 0 Å². The standard InChI is InChI=1S/C25H27N3O2/c29-24(22-17-21(26-27-22)18-9-3-1-4-10-18)28-16-15-25(30,19-11-5-2-6-12-19)20-13-7-8-14-23(20)28/h1-6,9-12,17,20,23,30H,7-8,13-16H2,(H,26,27)/t20-,23+,25-/m0/s1. The van der Waals surface area contributed by atoms with Crippen molar-refractivity contribution in [3.8, 4) is 11.3 Å². The molecule has 1 amide bonds. The Balaban J connectivity index is 1.42. The van der Waals surface area contributed by atoms with Gasteiger partial charge < -0.3 is 10.0 Å². The van der Waals surface area contributed by atoms with E-state index in [-0.39, 0.29) is 17.9 Å². The molecule has 3 aromatic rings. The quantitative estimate of drug-likeness (QED) is 0.685. The van der Waals surface area contributed by atoms with Crippen LogP contribution in [0.5, 0.6) is 0 Å². The van der Waals surface area contributed by atoms with Crippen LogP contribution in [-0.2, 0) is 5.60 Å². The summed E-state index contributed by atoms with van der Waals surface area (Å²) in [6, 6.07) is 21.7. The van der Waals surface area contributed by atoms with Gasteiger partial charge in [-0.1, -0.05) is 73.5 Å². The Labute approximate surface area is 176 Å². The number of nitrogens with one attached hydrogen (secondary N) is 1.